The van der Waals surface area contributed by atoms with Gasteiger partial charge in [-0.15, -0.1) is 0 Å². The second kappa shape index (κ2) is 7.99. The van der Waals surface area contributed by atoms with Gasteiger partial charge in [0, 0.05) is 12.3 Å². The number of amides is 2. The van der Waals surface area contributed by atoms with E-state index in [0.717, 1.165) is 22.3 Å². The maximum absolute atomic E-state index is 13.1. The molecule has 140 valence electrons. The number of halogens is 1. The van der Waals surface area contributed by atoms with E-state index in [1.54, 1.807) is 0 Å². The van der Waals surface area contributed by atoms with E-state index in [4.69, 9.17) is 10.5 Å². The van der Waals surface area contributed by atoms with Gasteiger partial charge in [0.1, 0.15) is 12.6 Å². The molecule has 0 aromatic heterocycles. The molecule has 7 heteroatoms. The molecule has 0 unspecified atom stereocenters. The Morgan fingerprint density at radius 1 is 1.04 bits per heavy atom. The lowest BCUT2D eigenvalue weighted by Crippen LogP contribution is -2.40. The molecule has 0 bridgehead atoms. The number of ether oxygens (including phenoxy) is 1. The van der Waals surface area contributed by atoms with Crippen LogP contribution in [0.5, 0.6) is 0 Å². The predicted molar refractivity (Wildman–Crippen MR) is 96.5 cm³/mol. The van der Waals surface area contributed by atoms with Gasteiger partial charge in [-0.05, 0) is 28.7 Å². The molecule has 2 amide bonds. The van der Waals surface area contributed by atoms with Crippen LogP contribution in [0, 0.1) is 0 Å². The Bertz CT molecular complexity index is 838. The molecule has 1 atom stereocenters. The minimum Gasteiger partial charge on any atom is -0.449 e. The summed E-state index contributed by atoms with van der Waals surface area (Å²) in [6.07, 6.45) is -1.35. The van der Waals surface area contributed by atoms with Crippen molar-refractivity contribution in [3.8, 4) is 11.1 Å². The number of carbonyl (C=O) groups excluding carboxylic acids is 3. The third-order valence-corrected chi connectivity index (χ3v) is 4.59. The number of nitrogens with one attached hydrogen (secondary N) is 1. The predicted octanol–water partition coefficient (Wildman–Crippen LogP) is 2.66. The molecule has 0 spiro atoms. The molecule has 1 aliphatic rings. The fraction of sp³-hybridized carbons (Fsp3) is 0.250. The van der Waals surface area contributed by atoms with Gasteiger partial charge >= 0.3 is 12.1 Å². The number of primary amides is 1. The van der Waals surface area contributed by atoms with Crippen LogP contribution in [-0.2, 0) is 14.3 Å². The van der Waals surface area contributed by atoms with Crippen molar-refractivity contribution in [3.63, 3.8) is 0 Å². The lowest BCUT2D eigenvalue weighted by Gasteiger charge is -2.17. The third kappa shape index (κ3) is 4.13. The van der Waals surface area contributed by atoms with Crippen molar-refractivity contribution in [3.05, 3.63) is 59.7 Å². The first-order chi connectivity index (χ1) is 13.0. The normalized spacial score (nSPS) is 13.4. The zero-order valence-corrected chi connectivity index (χ0v) is 14.5. The molecule has 3 N–H and O–H groups in total. The molecule has 0 heterocycles. The second-order valence-electron chi connectivity index (χ2n) is 6.33. The van der Waals surface area contributed by atoms with Gasteiger partial charge in [-0.3, -0.25) is 9.59 Å². The van der Waals surface area contributed by atoms with Crippen molar-refractivity contribution in [1.82, 2.24) is 5.32 Å². The Labute approximate surface area is 155 Å². The Balaban J connectivity index is 1.67. The summed E-state index contributed by atoms with van der Waals surface area (Å²) in [4.78, 5) is 33.8. The summed E-state index contributed by atoms with van der Waals surface area (Å²) in [7, 11) is 0. The summed E-state index contributed by atoms with van der Waals surface area (Å²) in [5.74, 6) is -0.830. The zero-order chi connectivity index (χ0) is 19.4. The fourth-order valence-electron chi connectivity index (χ4n) is 3.31. The quantitative estimate of drug-likeness (QED) is 0.732. The highest BCUT2D eigenvalue weighted by molar-refractivity contribution is 5.82. The van der Waals surface area contributed by atoms with Gasteiger partial charge in [0.2, 0.25) is 5.91 Å². The lowest BCUT2D eigenvalue weighted by atomic mass is 9.98. The summed E-state index contributed by atoms with van der Waals surface area (Å²) >= 11 is 0. The van der Waals surface area contributed by atoms with Crippen LogP contribution < -0.4 is 11.1 Å². The summed E-state index contributed by atoms with van der Waals surface area (Å²) < 4.78 is 18.3. The molecular formula is C20H19FN2O4. The van der Waals surface area contributed by atoms with E-state index in [9.17, 15) is 18.8 Å². The molecule has 3 rings (SSSR count). The molecule has 0 saturated carbocycles. The average Bonchev–Trinajstić information content (AvgIpc) is 2.97. The van der Waals surface area contributed by atoms with Crippen LogP contribution in [0.3, 0.4) is 0 Å². The summed E-state index contributed by atoms with van der Waals surface area (Å²) in [5.41, 5.74) is 9.23. The lowest BCUT2D eigenvalue weighted by molar-refractivity contribution is -0.131. The van der Waals surface area contributed by atoms with Crippen LogP contribution in [0.25, 0.3) is 11.1 Å². The van der Waals surface area contributed by atoms with Crippen molar-refractivity contribution in [1.29, 1.82) is 0 Å². The number of benzene rings is 2. The fourth-order valence-corrected chi connectivity index (χ4v) is 3.31. The first kappa shape index (κ1) is 18.6. The molecule has 1 aliphatic carbocycles. The van der Waals surface area contributed by atoms with Crippen molar-refractivity contribution in [2.45, 2.75) is 24.8 Å². The Kier molecular flexibility index (Phi) is 5.49. The second-order valence-corrected chi connectivity index (χ2v) is 6.33. The molecule has 0 aliphatic heterocycles. The zero-order valence-electron chi connectivity index (χ0n) is 14.5. The minimum absolute atomic E-state index is 0.0445. The number of carbonyl (C=O) groups is 3. The number of hydrogen-bond acceptors (Lipinski definition) is 4. The van der Waals surface area contributed by atoms with Crippen LogP contribution in [0.2, 0.25) is 0 Å². The van der Waals surface area contributed by atoms with Gasteiger partial charge in [-0.1, -0.05) is 48.5 Å². The molecule has 0 fully saturated rings. The van der Waals surface area contributed by atoms with E-state index < -0.39 is 24.1 Å². The number of rotatable bonds is 7. The van der Waals surface area contributed by atoms with Gasteiger partial charge in [-0.2, -0.15) is 4.39 Å². The molecular weight excluding hydrogens is 351 g/mol. The number of alkyl carbamates (subject to hydrolysis) is 1. The monoisotopic (exact) mass is 370 g/mol. The van der Waals surface area contributed by atoms with E-state index in [1.807, 2.05) is 48.5 Å². The Hall–Kier alpha value is -3.22. The van der Waals surface area contributed by atoms with Crippen LogP contribution in [0.15, 0.2) is 48.5 Å². The first-order valence-electron chi connectivity index (χ1n) is 8.56. The molecule has 0 saturated heterocycles. The molecule has 2 aromatic rings. The van der Waals surface area contributed by atoms with Gasteiger partial charge in [0.25, 0.3) is 0 Å². The van der Waals surface area contributed by atoms with E-state index >= 15 is 0 Å². The van der Waals surface area contributed by atoms with E-state index in [0.29, 0.717) is 0 Å². The number of fused-ring (bicyclic) bond motifs is 3. The highest BCUT2D eigenvalue weighted by Gasteiger charge is 2.29. The maximum Gasteiger partial charge on any atom is 0.407 e. The molecule has 6 nitrogen and oxygen atoms in total. The van der Waals surface area contributed by atoms with Crippen LogP contribution in [0.1, 0.15) is 29.9 Å². The largest absolute Gasteiger partial charge is 0.449 e. The standard InChI is InChI=1S/C20H19FN2O4/c21-19(25)17(9-10-18(22)24)23-20(26)27-11-16-14-7-3-1-5-12(14)13-6-2-4-8-15(13)16/h1-8,16-17H,9-11H2,(H2,22,24)(H,23,26)/t17-/m0/s1. The summed E-state index contributed by atoms with van der Waals surface area (Å²) in [6.45, 7) is 0.0445. The van der Waals surface area contributed by atoms with Crippen molar-refractivity contribution in [2.24, 2.45) is 5.73 Å². The van der Waals surface area contributed by atoms with Crippen LogP contribution >= 0.6 is 0 Å². The van der Waals surface area contributed by atoms with Crippen LogP contribution in [0.4, 0.5) is 9.18 Å². The summed E-state index contributed by atoms with van der Waals surface area (Å²) in [6, 6.07) is 12.5. The van der Waals surface area contributed by atoms with E-state index in [1.165, 1.54) is 0 Å². The molecule has 2 aromatic carbocycles. The average molecular weight is 370 g/mol. The molecule has 27 heavy (non-hydrogen) atoms. The van der Waals surface area contributed by atoms with Crippen molar-refractivity contribution >= 4 is 18.0 Å². The van der Waals surface area contributed by atoms with Crippen LogP contribution in [-0.4, -0.2) is 30.7 Å². The van der Waals surface area contributed by atoms with E-state index in [-0.39, 0.29) is 25.4 Å². The summed E-state index contributed by atoms with van der Waals surface area (Å²) in [5, 5.41) is 2.15. The van der Waals surface area contributed by atoms with Crippen molar-refractivity contribution in [2.75, 3.05) is 6.61 Å². The smallest absolute Gasteiger partial charge is 0.407 e. The highest BCUT2D eigenvalue weighted by Crippen LogP contribution is 2.44. The van der Waals surface area contributed by atoms with Gasteiger partial charge < -0.3 is 15.8 Å². The topological polar surface area (TPSA) is 98.5 Å². The molecule has 0 radical (unpaired) electrons. The Morgan fingerprint density at radius 2 is 1.59 bits per heavy atom. The minimum atomic E-state index is -1.75. The van der Waals surface area contributed by atoms with Gasteiger partial charge in [0.05, 0.1) is 0 Å². The SMILES string of the molecule is NC(=O)CC[C@H](NC(=O)OCC1c2ccccc2-c2ccccc21)C(=O)F. The highest BCUT2D eigenvalue weighted by atomic mass is 19.1. The van der Waals surface area contributed by atoms with Crippen molar-refractivity contribution < 1.29 is 23.5 Å². The number of nitrogens with two attached hydrogens (primary N) is 1. The van der Waals surface area contributed by atoms with E-state index in [2.05, 4.69) is 5.32 Å². The maximum atomic E-state index is 13.1. The van der Waals surface area contributed by atoms with Gasteiger partial charge in [0.15, 0.2) is 0 Å². The van der Waals surface area contributed by atoms with Gasteiger partial charge in [-0.25, -0.2) is 4.79 Å². The Morgan fingerprint density at radius 3 is 2.11 bits per heavy atom. The first-order valence-corrected chi connectivity index (χ1v) is 8.56. The third-order valence-electron chi connectivity index (χ3n) is 4.59. The number of hydrogen-bond donors (Lipinski definition) is 2.